The molecule has 5 nitrogen and oxygen atoms in total. The summed E-state index contributed by atoms with van der Waals surface area (Å²) in [6, 6.07) is 10.2. The summed E-state index contributed by atoms with van der Waals surface area (Å²) >= 11 is 3.32. The van der Waals surface area contributed by atoms with E-state index in [1.165, 1.54) is 4.88 Å². The first-order valence-electron chi connectivity index (χ1n) is 5.68. The average Bonchev–Trinajstić information content (AvgIpc) is 3.06. The molecule has 0 spiro atoms. The number of benzene rings is 1. The zero-order valence-electron chi connectivity index (χ0n) is 10.2. The monoisotopic (exact) mass is 289 g/mol. The van der Waals surface area contributed by atoms with E-state index in [4.69, 9.17) is 0 Å². The Morgan fingerprint density at radius 1 is 1.26 bits per heavy atom. The first kappa shape index (κ1) is 12.3. The van der Waals surface area contributed by atoms with Gasteiger partial charge in [0, 0.05) is 29.4 Å². The highest BCUT2D eigenvalue weighted by atomic mass is 32.2. The Balaban J connectivity index is 1.70. The van der Waals surface area contributed by atoms with E-state index in [-0.39, 0.29) is 0 Å². The van der Waals surface area contributed by atoms with Gasteiger partial charge < -0.3 is 0 Å². The Kier molecular flexibility index (Phi) is 3.56. The molecule has 2 heterocycles. The maximum atomic E-state index is 4.46. The molecule has 1 aromatic carbocycles. The van der Waals surface area contributed by atoms with Crippen LogP contribution < -0.4 is 0 Å². The van der Waals surface area contributed by atoms with Crippen LogP contribution in [-0.4, -0.2) is 25.2 Å². The van der Waals surface area contributed by atoms with Crippen LogP contribution in [0.15, 0.2) is 41.7 Å². The van der Waals surface area contributed by atoms with Crippen LogP contribution in [0.3, 0.4) is 0 Å². The van der Waals surface area contributed by atoms with Crippen molar-refractivity contribution >= 4 is 23.1 Å². The fourth-order valence-electron chi connectivity index (χ4n) is 1.57. The second-order valence-corrected chi connectivity index (χ2v) is 5.93. The number of hydrogen-bond donors (Lipinski definition) is 0. The highest BCUT2D eigenvalue weighted by Crippen LogP contribution is 2.28. The Labute approximate surface area is 118 Å². The van der Waals surface area contributed by atoms with Gasteiger partial charge in [0.2, 0.25) is 5.16 Å². The van der Waals surface area contributed by atoms with Crippen LogP contribution in [0, 0.1) is 0 Å². The molecule has 0 unspecified atom stereocenters. The second kappa shape index (κ2) is 5.50. The second-order valence-electron chi connectivity index (χ2n) is 3.87. The molecule has 0 atom stereocenters. The predicted octanol–water partition coefficient (Wildman–Crippen LogP) is 2.63. The maximum absolute atomic E-state index is 4.46. The molecule has 0 bridgehead atoms. The molecule has 3 aromatic rings. The lowest BCUT2D eigenvalue weighted by molar-refractivity contribution is 0.664. The largest absolute Gasteiger partial charge is 0.244 e. The molecule has 0 N–H and O–H groups in total. The number of tetrazole rings is 1. The quantitative estimate of drug-likeness (QED) is 0.691. The third-order valence-electron chi connectivity index (χ3n) is 2.50. The van der Waals surface area contributed by atoms with Gasteiger partial charge in [-0.1, -0.05) is 42.1 Å². The number of aryl methyl sites for hydroxylation is 1. The summed E-state index contributed by atoms with van der Waals surface area (Å²) < 4.78 is 1.67. The van der Waals surface area contributed by atoms with Gasteiger partial charge in [0.25, 0.3) is 0 Å². The van der Waals surface area contributed by atoms with Gasteiger partial charge in [-0.15, -0.1) is 16.4 Å². The van der Waals surface area contributed by atoms with Crippen molar-refractivity contribution in [2.45, 2.75) is 10.9 Å². The van der Waals surface area contributed by atoms with E-state index in [1.54, 1.807) is 27.8 Å². The molecule has 7 heteroatoms. The fraction of sp³-hybridized carbons (Fsp3) is 0.167. The standard InChI is InChI=1S/C12H11N5S2/c1-17-12(14-15-16-17)18-8-10-7-13-11(19-10)9-5-3-2-4-6-9/h2-7H,8H2,1H3. The summed E-state index contributed by atoms with van der Waals surface area (Å²) in [5.41, 5.74) is 1.16. The highest BCUT2D eigenvalue weighted by molar-refractivity contribution is 7.98. The topological polar surface area (TPSA) is 56.5 Å². The zero-order chi connectivity index (χ0) is 13.1. The Morgan fingerprint density at radius 2 is 2.11 bits per heavy atom. The molecule has 19 heavy (non-hydrogen) atoms. The van der Waals surface area contributed by atoms with Gasteiger partial charge >= 0.3 is 0 Å². The van der Waals surface area contributed by atoms with E-state index in [1.807, 2.05) is 31.4 Å². The van der Waals surface area contributed by atoms with E-state index in [0.717, 1.165) is 21.5 Å². The summed E-state index contributed by atoms with van der Waals surface area (Å²) in [6.07, 6.45) is 1.92. The molecule has 0 amide bonds. The molecule has 0 aliphatic carbocycles. The minimum atomic E-state index is 0.815. The predicted molar refractivity (Wildman–Crippen MR) is 75.9 cm³/mol. The van der Waals surface area contributed by atoms with Crippen molar-refractivity contribution in [2.24, 2.45) is 7.05 Å². The molecule has 2 aromatic heterocycles. The molecule has 3 rings (SSSR count). The van der Waals surface area contributed by atoms with E-state index in [2.05, 4.69) is 32.6 Å². The van der Waals surface area contributed by atoms with Crippen LogP contribution in [0.1, 0.15) is 4.88 Å². The van der Waals surface area contributed by atoms with Gasteiger partial charge in [-0.3, -0.25) is 0 Å². The highest BCUT2D eigenvalue weighted by Gasteiger charge is 2.07. The number of aromatic nitrogens is 5. The van der Waals surface area contributed by atoms with Crippen LogP contribution in [0.4, 0.5) is 0 Å². The van der Waals surface area contributed by atoms with Crippen molar-refractivity contribution in [3.63, 3.8) is 0 Å². The number of thioether (sulfide) groups is 1. The van der Waals surface area contributed by atoms with Crippen LogP contribution in [0.2, 0.25) is 0 Å². The van der Waals surface area contributed by atoms with Gasteiger partial charge in [0.05, 0.1) is 0 Å². The maximum Gasteiger partial charge on any atom is 0.209 e. The Hall–Kier alpha value is -1.73. The molecule has 0 saturated heterocycles. The van der Waals surface area contributed by atoms with Crippen molar-refractivity contribution in [1.82, 2.24) is 25.2 Å². The van der Waals surface area contributed by atoms with Crippen LogP contribution in [-0.2, 0) is 12.8 Å². The molecule has 0 fully saturated rings. The SMILES string of the molecule is Cn1nnnc1SCc1cnc(-c2ccccc2)s1. The number of hydrogen-bond acceptors (Lipinski definition) is 6. The van der Waals surface area contributed by atoms with Gasteiger partial charge in [-0.2, -0.15) is 0 Å². The summed E-state index contributed by atoms with van der Waals surface area (Å²) in [6.45, 7) is 0. The first-order chi connectivity index (χ1) is 9.33. The summed E-state index contributed by atoms with van der Waals surface area (Å²) in [7, 11) is 1.84. The molecule has 0 aliphatic rings. The summed E-state index contributed by atoms with van der Waals surface area (Å²) in [5, 5.41) is 13.2. The molecular formula is C12H11N5S2. The zero-order valence-corrected chi connectivity index (χ0v) is 11.9. The average molecular weight is 289 g/mol. The normalized spacial score (nSPS) is 10.8. The van der Waals surface area contributed by atoms with Crippen molar-refractivity contribution < 1.29 is 0 Å². The van der Waals surface area contributed by atoms with Gasteiger partial charge in [-0.25, -0.2) is 9.67 Å². The van der Waals surface area contributed by atoms with E-state index >= 15 is 0 Å². The first-order valence-corrected chi connectivity index (χ1v) is 7.48. The molecular weight excluding hydrogens is 278 g/mol. The molecule has 0 saturated carbocycles. The van der Waals surface area contributed by atoms with Crippen LogP contribution in [0.25, 0.3) is 10.6 Å². The third kappa shape index (κ3) is 2.82. The van der Waals surface area contributed by atoms with Gasteiger partial charge in [0.15, 0.2) is 0 Å². The lowest BCUT2D eigenvalue weighted by Gasteiger charge is -1.96. The summed E-state index contributed by atoms with van der Waals surface area (Å²) in [5.74, 6) is 0.832. The number of thiazole rings is 1. The van der Waals surface area contributed by atoms with Gasteiger partial charge in [0.1, 0.15) is 5.01 Å². The van der Waals surface area contributed by atoms with E-state index in [0.29, 0.717) is 0 Å². The fourth-order valence-corrected chi connectivity index (χ4v) is 3.36. The minimum absolute atomic E-state index is 0.815. The van der Waals surface area contributed by atoms with Gasteiger partial charge in [-0.05, 0) is 10.4 Å². The summed E-state index contributed by atoms with van der Waals surface area (Å²) in [4.78, 5) is 5.67. The van der Waals surface area contributed by atoms with E-state index < -0.39 is 0 Å². The molecule has 0 aliphatic heterocycles. The lowest BCUT2D eigenvalue weighted by atomic mass is 10.2. The lowest BCUT2D eigenvalue weighted by Crippen LogP contribution is -1.92. The number of nitrogens with zero attached hydrogens (tertiary/aromatic N) is 5. The smallest absolute Gasteiger partial charge is 0.209 e. The third-order valence-corrected chi connectivity index (χ3v) is 4.79. The Bertz CT molecular complexity index is 662. The van der Waals surface area contributed by atoms with Crippen molar-refractivity contribution in [3.05, 3.63) is 41.4 Å². The Morgan fingerprint density at radius 3 is 2.84 bits per heavy atom. The van der Waals surface area contributed by atoms with Crippen LogP contribution >= 0.6 is 23.1 Å². The van der Waals surface area contributed by atoms with Crippen molar-refractivity contribution in [2.75, 3.05) is 0 Å². The van der Waals surface area contributed by atoms with E-state index in [9.17, 15) is 0 Å². The minimum Gasteiger partial charge on any atom is -0.244 e. The van der Waals surface area contributed by atoms with Crippen molar-refractivity contribution in [1.29, 1.82) is 0 Å². The molecule has 96 valence electrons. The number of rotatable bonds is 4. The van der Waals surface area contributed by atoms with Crippen LogP contribution in [0.5, 0.6) is 0 Å². The van der Waals surface area contributed by atoms with Crippen molar-refractivity contribution in [3.8, 4) is 10.6 Å². The molecule has 0 radical (unpaired) electrons.